The zero-order valence-electron chi connectivity index (χ0n) is 16.5. The molecule has 0 spiro atoms. The van der Waals surface area contributed by atoms with Crippen LogP contribution in [0.25, 0.3) is 0 Å². The van der Waals surface area contributed by atoms with Gasteiger partial charge in [0.2, 0.25) is 5.88 Å². The summed E-state index contributed by atoms with van der Waals surface area (Å²) in [6, 6.07) is 3.11. The average molecular weight is 435 g/mol. The molecule has 1 N–H and O–H groups in total. The Kier molecular flexibility index (Phi) is 5.08. The van der Waals surface area contributed by atoms with Gasteiger partial charge in [0.1, 0.15) is 16.4 Å². The standard InChI is InChI=1S/C21H24F2N4O2S/c22-21(23)11-27(12-21)17-6-5-15(26-19(17)29-10-14-3-4-14)18(28)25-16(9-13-1-2-13)20-24-7-8-30-20/h5-8,13-14,16H,1-4,9-12H2,(H,25,28)/t16-/m0/s1. The molecule has 0 unspecified atom stereocenters. The number of alkyl halides is 2. The van der Waals surface area contributed by atoms with E-state index in [1.165, 1.54) is 24.2 Å². The van der Waals surface area contributed by atoms with Crippen LogP contribution in [0.2, 0.25) is 0 Å². The summed E-state index contributed by atoms with van der Waals surface area (Å²) in [7, 11) is 0. The Bertz CT molecular complexity index is 908. The molecule has 9 heteroatoms. The third-order valence-corrected chi connectivity index (χ3v) is 6.62. The smallest absolute Gasteiger partial charge is 0.282 e. The quantitative estimate of drug-likeness (QED) is 0.645. The first-order valence-corrected chi connectivity index (χ1v) is 11.3. The lowest BCUT2D eigenvalue weighted by atomic mass is 10.1. The van der Waals surface area contributed by atoms with Gasteiger partial charge >= 0.3 is 0 Å². The number of carbonyl (C=O) groups excluding carboxylic acids is 1. The highest BCUT2D eigenvalue weighted by atomic mass is 32.1. The molecule has 6 nitrogen and oxygen atoms in total. The third-order valence-electron chi connectivity index (χ3n) is 5.73. The lowest BCUT2D eigenvalue weighted by molar-refractivity contribution is -0.0265. The number of ether oxygens (including phenoxy) is 1. The maximum absolute atomic E-state index is 13.4. The van der Waals surface area contributed by atoms with Crippen LogP contribution < -0.4 is 15.0 Å². The number of anilines is 1. The van der Waals surface area contributed by atoms with Gasteiger partial charge in [0.15, 0.2) is 0 Å². The Hall–Kier alpha value is -2.29. The SMILES string of the molecule is O=C(N[C@@H](CC1CC1)c1nccs1)c1ccc(N2CC(F)(F)C2)c(OCC2CC2)n1. The molecule has 160 valence electrons. The summed E-state index contributed by atoms with van der Waals surface area (Å²) in [5.41, 5.74) is 0.752. The molecule has 5 rings (SSSR count). The van der Waals surface area contributed by atoms with Gasteiger partial charge in [-0.1, -0.05) is 12.8 Å². The molecule has 3 fully saturated rings. The molecule has 0 radical (unpaired) electrons. The second-order valence-electron chi connectivity index (χ2n) is 8.56. The zero-order chi connectivity index (χ0) is 20.7. The van der Waals surface area contributed by atoms with Crippen LogP contribution in [0.1, 0.15) is 53.6 Å². The molecule has 1 amide bonds. The predicted octanol–water partition coefficient (Wildman–Crippen LogP) is 4.05. The molecule has 1 atom stereocenters. The summed E-state index contributed by atoms with van der Waals surface area (Å²) in [6.07, 6.45) is 7.19. The van der Waals surface area contributed by atoms with Crippen molar-refractivity contribution in [3.8, 4) is 5.88 Å². The summed E-state index contributed by atoms with van der Waals surface area (Å²) in [5, 5.41) is 5.85. The van der Waals surface area contributed by atoms with Gasteiger partial charge in [0, 0.05) is 11.6 Å². The normalized spacial score (nSPS) is 21.1. The van der Waals surface area contributed by atoms with Crippen molar-refractivity contribution in [1.82, 2.24) is 15.3 Å². The number of thiazole rings is 1. The second-order valence-corrected chi connectivity index (χ2v) is 9.49. The number of aromatic nitrogens is 2. The van der Waals surface area contributed by atoms with Crippen molar-refractivity contribution >= 4 is 22.9 Å². The maximum Gasteiger partial charge on any atom is 0.282 e. The maximum atomic E-state index is 13.4. The summed E-state index contributed by atoms with van der Waals surface area (Å²) in [6.45, 7) is -0.209. The van der Waals surface area contributed by atoms with Crippen LogP contribution in [0.3, 0.4) is 0 Å². The molecule has 1 aliphatic heterocycles. The molecule has 0 aromatic carbocycles. The van der Waals surface area contributed by atoms with Crippen LogP contribution in [0.5, 0.6) is 5.88 Å². The molecule has 1 saturated heterocycles. The number of rotatable bonds is 9. The Balaban J connectivity index is 1.33. The first kappa shape index (κ1) is 19.7. The monoisotopic (exact) mass is 434 g/mol. The molecule has 3 heterocycles. The van der Waals surface area contributed by atoms with Crippen molar-refractivity contribution in [2.24, 2.45) is 11.8 Å². The van der Waals surface area contributed by atoms with Gasteiger partial charge in [-0.05, 0) is 43.2 Å². The number of hydrogen-bond donors (Lipinski definition) is 1. The summed E-state index contributed by atoms with van der Waals surface area (Å²) < 4.78 is 32.5. The van der Waals surface area contributed by atoms with Gasteiger partial charge in [-0.15, -0.1) is 11.3 Å². The van der Waals surface area contributed by atoms with Crippen LogP contribution in [0.4, 0.5) is 14.5 Å². The Morgan fingerprint density at radius 1 is 1.27 bits per heavy atom. The van der Waals surface area contributed by atoms with E-state index in [2.05, 4.69) is 15.3 Å². The Labute approximate surface area is 177 Å². The van der Waals surface area contributed by atoms with Crippen molar-refractivity contribution in [2.75, 3.05) is 24.6 Å². The average Bonchev–Trinajstić information content (AvgIpc) is 3.64. The van der Waals surface area contributed by atoms with Crippen LogP contribution in [0, 0.1) is 11.8 Å². The van der Waals surface area contributed by atoms with Gasteiger partial charge in [0.25, 0.3) is 11.8 Å². The molecule has 3 aliphatic rings. The Morgan fingerprint density at radius 2 is 2.03 bits per heavy atom. The highest BCUT2D eigenvalue weighted by Gasteiger charge is 2.45. The second kappa shape index (κ2) is 7.76. The fourth-order valence-electron chi connectivity index (χ4n) is 3.62. The minimum Gasteiger partial charge on any atom is -0.476 e. The van der Waals surface area contributed by atoms with E-state index in [1.807, 2.05) is 5.38 Å². The van der Waals surface area contributed by atoms with Crippen molar-refractivity contribution in [2.45, 2.75) is 44.1 Å². The summed E-state index contributed by atoms with van der Waals surface area (Å²) >= 11 is 1.53. The molecular weight excluding hydrogens is 410 g/mol. The van der Waals surface area contributed by atoms with Gasteiger partial charge in [0.05, 0.1) is 25.7 Å². The van der Waals surface area contributed by atoms with E-state index in [0.29, 0.717) is 24.1 Å². The van der Waals surface area contributed by atoms with Crippen molar-refractivity contribution in [3.05, 3.63) is 34.4 Å². The lowest BCUT2D eigenvalue weighted by Gasteiger charge is -2.40. The highest BCUT2D eigenvalue weighted by molar-refractivity contribution is 7.09. The van der Waals surface area contributed by atoms with Crippen LogP contribution in [0.15, 0.2) is 23.7 Å². The molecule has 2 aliphatic carbocycles. The molecule has 2 aromatic rings. The van der Waals surface area contributed by atoms with Gasteiger partial charge < -0.3 is 15.0 Å². The van der Waals surface area contributed by atoms with Gasteiger partial charge in [-0.3, -0.25) is 4.79 Å². The number of pyridine rings is 1. The summed E-state index contributed by atoms with van der Waals surface area (Å²) in [4.78, 5) is 23.3. The molecule has 0 bridgehead atoms. The van der Waals surface area contributed by atoms with Crippen molar-refractivity contribution < 1.29 is 18.3 Å². The third kappa shape index (κ3) is 4.55. The highest BCUT2D eigenvalue weighted by Crippen LogP contribution is 2.39. The fraction of sp³-hybridized carbons (Fsp3) is 0.571. The largest absolute Gasteiger partial charge is 0.476 e. The van der Waals surface area contributed by atoms with Crippen LogP contribution >= 0.6 is 11.3 Å². The van der Waals surface area contributed by atoms with Crippen molar-refractivity contribution in [1.29, 1.82) is 0 Å². The predicted molar refractivity (Wildman–Crippen MR) is 109 cm³/mol. The fourth-order valence-corrected chi connectivity index (χ4v) is 4.32. The first-order chi connectivity index (χ1) is 14.5. The minimum absolute atomic E-state index is 0.142. The van der Waals surface area contributed by atoms with E-state index < -0.39 is 5.92 Å². The number of hydrogen-bond acceptors (Lipinski definition) is 6. The molecule has 2 aromatic heterocycles. The minimum atomic E-state index is -2.69. The molecule has 2 saturated carbocycles. The van der Waals surface area contributed by atoms with E-state index in [1.54, 1.807) is 23.2 Å². The van der Waals surface area contributed by atoms with E-state index in [0.717, 1.165) is 24.3 Å². The van der Waals surface area contributed by atoms with Crippen LogP contribution in [-0.4, -0.2) is 41.5 Å². The van der Waals surface area contributed by atoms with E-state index in [-0.39, 0.29) is 36.6 Å². The lowest BCUT2D eigenvalue weighted by Crippen LogP contribution is -2.56. The van der Waals surface area contributed by atoms with Gasteiger partial charge in [-0.25, -0.2) is 18.7 Å². The van der Waals surface area contributed by atoms with E-state index >= 15 is 0 Å². The number of nitrogens with one attached hydrogen (secondary N) is 1. The van der Waals surface area contributed by atoms with Gasteiger partial charge in [-0.2, -0.15) is 0 Å². The number of amides is 1. The topological polar surface area (TPSA) is 67.4 Å². The zero-order valence-corrected chi connectivity index (χ0v) is 17.3. The summed E-state index contributed by atoms with van der Waals surface area (Å²) in [5.74, 6) is -1.61. The number of nitrogens with zero attached hydrogens (tertiary/aromatic N) is 3. The van der Waals surface area contributed by atoms with Crippen LogP contribution in [-0.2, 0) is 0 Å². The first-order valence-electron chi connectivity index (χ1n) is 10.4. The van der Waals surface area contributed by atoms with E-state index in [4.69, 9.17) is 4.74 Å². The molecule has 30 heavy (non-hydrogen) atoms. The molecular formula is C21H24F2N4O2S. The van der Waals surface area contributed by atoms with Crippen molar-refractivity contribution in [3.63, 3.8) is 0 Å². The Morgan fingerprint density at radius 3 is 2.67 bits per heavy atom. The van der Waals surface area contributed by atoms with E-state index in [9.17, 15) is 13.6 Å². The number of carbonyl (C=O) groups is 1. The number of halogens is 2.